The van der Waals surface area contributed by atoms with E-state index >= 15 is 0 Å². The van der Waals surface area contributed by atoms with Crippen molar-refractivity contribution in [1.29, 1.82) is 0 Å². The second-order valence-electron chi connectivity index (χ2n) is 4.65. The Hall–Kier alpha value is -1.71. The quantitative estimate of drug-likeness (QED) is 0.935. The fraction of sp³-hybridized carbons (Fsp3) is 0.250. The highest BCUT2D eigenvalue weighted by Gasteiger charge is 2.27. The first kappa shape index (κ1) is 14.7. The van der Waals surface area contributed by atoms with E-state index in [2.05, 4.69) is 0 Å². The van der Waals surface area contributed by atoms with E-state index in [0.717, 1.165) is 5.56 Å². The molecular formula is C16H17ClO3. The van der Waals surface area contributed by atoms with Crippen LogP contribution in [-0.4, -0.2) is 19.3 Å². The summed E-state index contributed by atoms with van der Waals surface area (Å²) in [7, 11) is 3.14. The van der Waals surface area contributed by atoms with Crippen molar-refractivity contribution in [3.63, 3.8) is 0 Å². The molecule has 3 nitrogen and oxygen atoms in total. The summed E-state index contributed by atoms with van der Waals surface area (Å²) in [6.45, 7) is 1.73. The lowest BCUT2D eigenvalue weighted by molar-refractivity contribution is 0.102. The standard InChI is InChI=1S/C16H17ClO3/c1-16(18,11-5-4-6-13(9-11)19-2)12-7-8-14(17)15(10-12)20-3/h4-10,18H,1-3H3. The molecule has 106 valence electrons. The summed E-state index contributed by atoms with van der Waals surface area (Å²) in [6.07, 6.45) is 0. The minimum Gasteiger partial charge on any atom is -0.497 e. The van der Waals surface area contributed by atoms with Crippen LogP contribution in [0.5, 0.6) is 11.5 Å². The maximum atomic E-state index is 10.8. The average Bonchev–Trinajstić information content (AvgIpc) is 2.47. The third-order valence-corrected chi connectivity index (χ3v) is 3.66. The van der Waals surface area contributed by atoms with Gasteiger partial charge in [0.25, 0.3) is 0 Å². The Bertz CT molecular complexity index is 608. The lowest BCUT2D eigenvalue weighted by Gasteiger charge is -2.25. The highest BCUT2D eigenvalue weighted by molar-refractivity contribution is 6.32. The fourth-order valence-electron chi connectivity index (χ4n) is 2.06. The molecule has 1 unspecified atom stereocenters. The first-order valence-electron chi connectivity index (χ1n) is 6.20. The van der Waals surface area contributed by atoms with Crippen LogP contribution in [-0.2, 0) is 5.60 Å². The number of hydrogen-bond acceptors (Lipinski definition) is 3. The van der Waals surface area contributed by atoms with Crippen molar-refractivity contribution in [1.82, 2.24) is 0 Å². The summed E-state index contributed by atoms with van der Waals surface area (Å²) in [5.41, 5.74) is 0.278. The zero-order valence-electron chi connectivity index (χ0n) is 11.7. The molecule has 1 N–H and O–H groups in total. The number of methoxy groups -OCH3 is 2. The first-order valence-corrected chi connectivity index (χ1v) is 6.57. The number of ether oxygens (including phenoxy) is 2. The summed E-state index contributed by atoms with van der Waals surface area (Å²) in [6, 6.07) is 12.6. The third-order valence-electron chi connectivity index (χ3n) is 3.35. The second kappa shape index (κ2) is 5.73. The van der Waals surface area contributed by atoms with Gasteiger partial charge >= 0.3 is 0 Å². The highest BCUT2D eigenvalue weighted by atomic mass is 35.5. The molecule has 0 aliphatic heterocycles. The van der Waals surface area contributed by atoms with Gasteiger partial charge in [-0.3, -0.25) is 0 Å². The zero-order chi connectivity index (χ0) is 14.8. The lowest BCUT2D eigenvalue weighted by Crippen LogP contribution is -2.22. The van der Waals surface area contributed by atoms with Crippen LogP contribution in [0.2, 0.25) is 5.02 Å². The molecule has 0 aliphatic rings. The number of benzene rings is 2. The Morgan fingerprint density at radius 3 is 2.35 bits per heavy atom. The van der Waals surface area contributed by atoms with Gasteiger partial charge in [0.05, 0.1) is 19.2 Å². The van der Waals surface area contributed by atoms with Crippen molar-refractivity contribution in [2.24, 2.45) is 0 Å². The van der Waals surface area contributed by atoms with Crippen LogP contribution in [0.25, 0.3) is 0 Å². The summed E-state index contributed by atoms with van der Waals surface area (Å²) in [5.74, 6) is 1.23. The Labute approximate surface area is 123 Å². The fourth-order valence-corrected chi connectivity index (χ4v) is 2.25. The summed E-state index contributed by atoms with van der Waals surface area (Å²) in [5, 5.41) is 11.3. The van der Waals surface area contributed by atoms with Gasteiger partial charge in [-0.05, 0) is 42.3 Å². The molecule has 2 aromatic carbocycles. The Balaban J connectivity index is 2.48. The van der Waals surface area contributed by atoms with Gasteiger partial charge in [0.2, 0.25) is 0 Å². The van der Waals surface area contributed by atoms with Crippen LogP contribution in [0, 0.1) is 0 Å². The van der Waals surface area contributed by atoms with Crippen molar-refractivity contribution < 1.29 is 14.6 Å². The predicted molar refractivity (Wildman–Crippen MR) is 79.7 cm³/mol. The molecule has 0 saturated heterocycles. The van der Waals surface area contributed by atoms with Gasteiger partial charge in [0.15, 0.2) is 0 Å². The van der Waals surface area contributed by atoms with Crippen molar-refractivity contribution in [2.45, 2.75) is 12.5 Å². The van der Waals surface area contributed by atoms with Crippen LogP contribution < -0.4 is 9.47 Å². The molecule has 0 radical (unpaired) electrons. The van der Waals surface area contributed by atoms with Gasteiger partial charge in [-0.15, -0.1) is 0 Å². The van der Waals surface area contributed by atoms with E-state index in [0.29, 0.717) is 22.1 Å². The summed E-state index contributed by atoms with van der Waals surface area (Å²) in [4.78, 5) is 0. The predicted octanol–water partition coefficient (Wildman–Crippen LogP) is 3.61. The second-order valence-corrected chi connectivity index (χ2v) is 5.06. The molecule has 0 spiro atoms. The van der Waals surface area contributed by atoms with E-state index < -0.39 is 5.60 Å². The van der Waals surface area contributed by atoms with Gasteiger partial charge in [0.1, 0.15) is 17.1 Å². The monoisotopic (exact) mass is 292 g/mol. The van der Waals surface area contributed by atoms with Crippen molar-refractivity contribution in [3.8, 4) is 11.5 Å². The largest absolute Gasteiger partial charge is 0.497 e. The van der Waals surface area contributed by atoms with E-state index in [9.17, 15) is 5.11 Å². The Kier molecular flexibility index (Phi) is 4.21. The van der Waals surface area contributed by atoms with Crippen molar-refractivity contribution >= 4 is 11.6 Å². The molecule has 1 atom stereocenters. The molecular weight excluding hydrogens is 276 g/mol. The molecule has 2 aromatic rings. The first-order chi connectivity index (χ1) is 9.48. The smallest absolute Gasteiger partial charge is 0.137 e. The van der Waals surface area contributed by atoms with Crippen LogP contribution in [0.4, 0.5) is 0 Å². The van der Waals surface area contributed by atoms with Crippen LogP contribution in [0.15, 0.2) is 42.5 Å². The van der Waals surface area contributed by atoms with Crippen LogP contribution in [0.3, 0.4) is 0 Å². The molecule has 0 fully saturated rings. The molecule has 0 bridgehead atoms. The van der Waals surface area contributed by atoms with E-state index in [1.165, 1.54) is 0 Å². The minimum absolute atomic E-state index is 0.512. The molecule has 4 heteroatoms. The summed E-state index contributed by atoms with van der Waals surface area (Å²) < 4.78 is 10.4. The third kappa shape index (κ3) is 2.74. The van der Waals surface area contributed by atoms with Crippen LogP contribution in [0.1, 0.15) is 18.1 Å². The number of hydrogen-bond donors (Lipinski definition) is 1. The molecule has 0 aromatic heterocycles. The maximum Gasteiger partial charge on any atom is 0.137 e. The molecule has 0 saturated carbocycles. The van der Waals surface area contributed by atoms with Gasteiger partial charge < -0.3 is 14.6 Å². The molecule has 0 heterocycles. The number of rotatable bonds is 4. The highest BCUT2D eigenvalue weighted by Crippen LogP contribution is 2.35. The van der Waals surface area contributed by atoms with Crippen molar-refractivity contribution in [3.05, 3.63) is 58.6 Å². The van der Waals surface area contributed by atoms with Gasteiger partial charge in [-0.1, -0.05) is 29.8 Å². The molecule has 20 heavy (non-hydrogen) atoms. The Morgan fingerprint density at radius 1 is 1.00 bits per heavy atom. The topological polar surface area (TPSA) is 38.7 Å². The van der Waals surface area contributed by atoms with Gasteiger partial charge in [-0.2, -0.15) is 0 Å². The molecule has 0 aliphatic carbocycles. The number of halogens is 1. The van der Waals surface area contributed by atoms with E-state index in [1.807, 2.05) is 18.2 Å². The summed E-state index contributed by atoms with van der Waals surface area (Å²) >= 11 is 6.01. The van der Waals surface area contributed by atoms with Gasteiger partial charge in [-0.25, -0.2) is 0 Å². The molecule has 0 amide bonds. The van der Waals surface area contributed by atoms with E-state index in [1.54, 1.807) is 45.4 Å². The maximum absolute atomic E-state index is 10.8. The molecule has 2 rings (SSSR count). The minimum atomic E-state index is -1.16. The normalized spacial score (nSPS) is 13.7. The Morgan fingerprint density at radius 2 is 1.70 bits per heavy atom. The SMILES string of the molecule is COc1cccc(C(C)(O)c2ccc(Cl)c(OC)c2)c1. The lowest BCUT2D eigenvalue weighted by atomic mass is 9.88. The van der Waals surface area contributed by atoms with Crippen LogP contribution >= 0.6 is 11.6 Å². The number of aliphatic hydroxyl groups is 1. The van der Waals surface area contributed by atoms with Gasteiger partial charge in [0, 0.05) is 0 Å². The average molecular weight is 293 g/mol. The zero-order valence-corrected chi connectivity index (χ0v) is 12.4. The van der Waals surface area contributed by atoms with Crippen molar-refractivity contribution in [2.75, 3.05) is 14.2 Å². The van der Waals surface area contributed by atoms with E-state index in [4.69, 9.17) is 21.1 Å². The van der Waals surface area contributed by atoms with E-state index in [-0.39, 0.29) is 0 Å².